The number of nitrogens with one attached hydrogen (secondary N) is 1. The van der Waals surface area contributed by atoms with Crippen LogP contribution in [0.25, 0.3) is 0 Å². The minimum atomic E-state index is -0.331. The van der Waals surface area contributed by atoms with Gasteiger partial charge in [-0.2, -0.15) is 0 Å². The molecule has 1 aromatic carbocycles. The molecule has 2 heterocycles. The molecule has 1 aliphatic carbocycles. The van der Waals surface area contributed by atoms with Crippen molar-refractivity contribution in [2.24, 2.45) is 0 Å². The molecule has 1 amide bonds. The molecule has 6 heteroatoms. The minimum absolute atomic E-state index is 0.0893. The van der Waals surface area contributed by atoms with E-state index in [2.05, 4.69) is 15.1 Å². The molecule has 0 unspecified atom stereocenters. The van der Waals surface area contributed by atoms with Crippen molar-refractivity contribution in [3.05, 3.63) is 30.1 Å². The van der Waals surface area contributed by atoms with Gasteiger partial charge in [0.2, 0.25) is 5.91 Å². The lowest BCUT2D eigenvalue weighted by Gasteiger charge is -2.28. The van der Waals surface area contributed by atoms with E-state index < -0.39 is 0 Å². The largest absolute Gasteiger partial charge is 0.508 e. The number of hydrogen-bond donors (Lipinski definition) is 2. The molecular weight excluding hydrogens is 345 g/mol. The molecule has 0 spiro atoms. The van der Waals surface area contributed by atoms with Gasteiger partial charge in [0.25, 0.3) is 0 Å². The van der Waals surface area contributed by atoms with Gasteiger partial charge in [-0.25, -0.2) is 4.39 Å². The fourth-order valence-corrected chi connectivity index (χ4v) is 4.35. The summed E-state index contributed by atoms with van der Waals surface area (Å²) >= 11 is 0. The maximum absolute atomic E-state index is 12.4. The zero-order valence-corrected chi connectivity index (χ0v) is 16.1. The molecule has 4 rings (SSSR count). The van der Waals surface area contributed by atoms with E-state index in [1.165, 1.54) is 56.5 Å². The number of hydrogen-bond acceptors (Lipinski definition) is 4. The summed E-state index contributed by atoms with van der Waals surface area (Å²) in [5.74, 6) is 0.111. The van der Waals surface area contributed by atoms with Crippen LogP contribution in [0, 0.1) is 5.82 Å². The number of amides is 1. The van der Waals surface area contributed by atoms with Crippen LogP contribution in [0.3, 0.4) is 0 Å². The lowest BCUT2D eigenvalue weighted by atomic mass is 10.2. The Labute approximate surface area is 161 Å². The Morgan fingerprint density at radius 1 is 0.963 bits per heavy atom. The number of rotatable bonds is 2. The summed E-state index contributed by atoms with van der Waals surface area (Å²) in [6.07, 6.45) is 8.87. The average molecular weight is 378 g/mol. The van der Waals surface area contributed by atoms with Crippen LogP contribution in [0.1, 0.15) is 44.9 Å². The second-order valence-corrected chi connectivity index (χ2v) is 7.78. The Kier molecular flexibility index (Phi) is 7.47. The van der Waals surface area contributed by atoms with Crippen LogP contribution in [0.5, 0.6) is 5.75 Å². The van der Waals surface area contributed by atoms with Gasteiger partial charge >= 0.3 is 0 Å². The van der Waals surface area contributed by atoms with Crippen molar-refractivity contribution in [3.8, 4) is 5.75 Å². The highest BCUT2D eigenvalue weighted by molar-refractivity contribution is 5.82. The third-order valence-corrected chi connectivity index (χ3v) is 5.87. The van der Waals surface area contributed by atoms with Gasteiger partial charge < -0.3 is 15.3 Å². The molecule has 2 aliphatic heterocycles. The van der Waals surface area contributed by atoms with E-state index in [1.54, 1.807) is 0 Å². The lowest BCUT2D eigenvalue weighted by Crippen LogP contribution is -2.45. The van der Waals surface area contributed by atoms with E-state index in [9.17, 15) is 9.18 Å². The van der Waals surface area contributed by atoms with Crippen LogP contribution >= 0.6 is 0 Å². The Bertz CT molecular complexity index is 563. The maximum Gasteiger partial charge on any atom is 0.239 e. The van der Waals surface area contributed by atoms with Gasteiger partial charge in [0.05, 0.1) is 6.04 Å². The molecule has 1 aromatic rings. The highest BCUT2D eigenvalue weighted by Gasteiger charge is 2.30. The van der Waals surface area contributed by atoms with Gasteiger partial charge in [0.1, 0.15) is 11.6 Å². The van der Waals surface area contributed by atoms with E-state index in [1.807, 2.05) is 0 Å². The number of carbonyl (C=O) groups excluding carboxylic acids is 1. The van der Waals surface area contributed by atoms with Crippen molar-refractivity contribution in [2.75, 3.05) is 32.7 Å². The van der Waals surface area contributed by atoms with Crippen LogP contribution in [0.15, 0.2) is 24.3 Å². The van der Waals surface area contributed by atoms with Gasteiger partial charge in [-0.05, 0) is 62.9 Å². The van der Waals surface area contributed by atoms with Gasteiger partial charge in [0, 0.05) is 32.2 Å². The molecule has 27 heavy (non-hydrogen) atoms. The summed E-state index contributed by atoms with van der Waals surface area (Å²) in [6.45, 7) is 5.18. The van der Waals surface area contributed by atoms with Crippen molar-refractivity contribution in [1.82, 2.24) is 15.1 Å². The van der Waals surface area contributed by atoms with Crippen LogP contribution in [-0.2, 0) is 4.79 Å². The SMILES string of the molecule is O=C([C@H]1CCCN1)N1CCCN(C2CCCC2)CC1.Oc1ccc(F)cc1. The number of nitrogens with zero attached hydrogens (tertiary/aromatic N) is 2. The quantitative estimate of drug-likeness (QED) is 0.832. The zero-order valence-electron chi connectivity index (χ0n) is 16.1. The molecular formula is C21H32FN3O2. The van der Waals surface area contributed by atoms with Crippen molar-refractivity contribution < 1.29 is 14.3 Å². The highest BCUT2D eigenvalue weighted by Crippen LogP contribution is 2.24. The van der Waals surface area contributed by atoms with E-state index >= 15 is 0 Å². The molecule has 3 fully saturated rings. The van der Waals surface area contributed by atoms with Gasteiger partial charge in [-0.1, -0.05) is 12.8 Å². The predicted molar refractivity (Wildman–Crippen MR) is 104 cm³/mol. The van der Waals surface area contributed by atoms with Crippen molar-refractivity contribution in [3.63, 3.8) is 0 Å². The van der Waals surface area contributed by atoms with Crippen molar-refractivity contribution in [1.29, 1.82) is 0 Å². The first-order chi connectivity index (χ1) is 13.1. The summed E-state index contributed by atoms with van der Waals surface area (Å²) in [5.41, 5.74) is 0. The molecule has 1 saturated carbocycles. The van der Waals surface area contributed by atoms with E-state index in [-0.39, 0.29) is 17.6 Å². The van der Waals surface area contributed by atoms with E-state index in [0.717, 1.165) is 51.5 Å². The summed E-state index contributed by atoms with van der Waals surface area (Å²) in [5, 5.41) is 11.9. The third-order valence-electron chi connectivity index (χ3n) is 5.87. The molecule has 0 bridgehead atoms. The molecule has 3 aliphatic rings. The predicted octanol–water partition coefficient (Wildman–Crippen LogP) is 2.75. The first-order valence-corrected chi connectivity index (χ1v) is 10.3. The number of phenolic OH excluding ortho intramolecular Hbond substituents is 1. The fraction of sp³-hybridized carbons (Fsp3) is 0.667. The van der Waals surface area contributed by atoms with E-state index in [4.69, 9.17) is 5.11 Å². The zero-order chi connectivity index (χ0) is 19.1. The first kappa shape index (κ1) is 20.1. The van der Waals surface area contributed by atoms with Gasteiger partial charge in [-0.3, -0.25) is 9.69 Å². The van der Waals surface area contributed by atoms with Crippen LogP contribution in [-0.4, -0.2) is 65.6 Å². The Morgan fingerprint density at radius 3 is 2.33 bits per heavy atom. The molecule has 0 aromatic heterocycles. The third kappa shape index (κ3) is 5.91. The number of aromatic hydroxyl groups is 1. The molecule has 0 radical (unpaired) electrons. The Balaban J connectivity index is 0.000000221. The smallest absolute Gasteiger partial charge is 0.239 e. The molecule has 150 valence electrons. The summed E-state index contributed by atoms with van der Waals surface area (Å²) in [7, 11) is 0. The number of benzene rings is 1. The second kappa shape index (κ2) is 10.0. The van der Waals surface area contributed by atoms with Crippen molar-refractivity contribution >= 4 is 5.91 Å². The number of phenols is 1. The molecule has 2 saturated heterocycles. The Morgan fingerprint density at radius 2 is 1.70 bits per heavy atom. The minimum Gasteiger partial charge on any atom is -0.508 e. The van der Waals surface area contributed by atoms with Crippen LogP contribution in [0.2, 0.25) is 0 Å². The topological polar surface area (TPSA) is 55.8 Å². The highest BCUT2D eigenvalue weighted by atomic mass is 19.1. The average Bonchev–Trinajstić information content (AvgIpc) is 3.35. The van der Waals surface area contributed by atoms with Crippen LogP contribution in [0.4, 0.5) is 4.39 Å². The van der Waals surface area contributed by atoms with Crippen molar-refractivity contribution in [2.45, 2.75) is 57.0 Å². The molecule has 1 atom stereocenters. The molecule has 5 nitrogen and oxygen atoms in total. The normalized spacial score (nSPS) is 24.3. The second-order valence-electron chi connectivity index (χ2n) is 7.78. The monoisotopic (exact) mass is 377 g/mol. The van der Waals surface area contributed by atoms with Crippen LogP contribution < -0.4 is 5.32 Å². The maximum atomic E-state index is 12.4. The summed E-state index contributed by atoms with van der Waals surface area (Å²) in [6, 6.07) is 5.92. The standard InChI is InChI=1S/C15H27N3O.C6H5FO/c19-15(14-7-3-8-16-14)18-10-4-9-17(11-12-18)13-5-1-2-6-13;7-5-1-3-6(8)4-2-5/h13-14,16H,1-12H2;1-4,8H/t14-;/m1./s1. The number of halogens is 1. The molecule has 2 N–H and O–H groups in total. The summed E-state index contributed by atoms with van der Waals surface area (Å²) < 4.78 is 12.0. The van der Waals surface area contributed by atoms with Gasteiger partial charge in [-0.15, -0.1) is 0 Å². The Hall–Kier alpha value is -1.66. The summed E-state index contributed by atoms with van der Waals surface area (Å²) in [4.78, 5) is 17.2. The number of carbonyl (C=O) groups is 1. The lowest BCUT2D eigenvalue weighted by molar-refractivity contribution is -0.132. The van der Waals surface area contributed by atoms with Gasteiger partial charge in [0.15, 0.2) is 0 Å². The van der Waals surface area contributed by atoms with E-state index in [0.29, 0.717) is 5.91 Å². The first-order valence-electron chi connectivity index (χ1n) is 10.3. The fourth-order valence-electron chi connectivity index (χ4n) is 4.35.